The standard InChI is InChI=1S/C29H37ClFN7O2/c1-2-26-34-35-27-18-37(10-11-38(26)27)28(39)14-21-3-4-23(15-25(21)31)40-12-7-20-13-24(20)19-5-8-36(9-6-19)29-32-16-22(30)17-33-29/h3-4,15-16,19-20,22,24H,2,5-14,17-18H2,1H3/t20-,22?,24-/m1/s1. The predicted molar refractivity (Wildman–Crippen MR) is 151 cm³/mol. The van der Waals surface area contributed by atoms with Crippen molar-refractivity contribution in [2.75, 3.05) is 32.8 Å². The Bertz CT molecular complexity index is 1290. The average Bonchev–Trinajstić information content (AvgIpc) is 3.63. The summed E-state index contributed by atoms with van der Waals surface area (Å²) in [7, 11) is 0. The summed E-state index contributed by atoms with van der Waals surface area (Å²) in [5.74, 6) is 4.77. The van der Waals surface area contributed by atoms with Gasteiger partial charge in [-0.05, 0) is 55.1 Å². The van der Waals surface area contributed by atoms with Crippen LogP contribution in [0.4, 0.5) is 4.39 Å². The molecular weight excluding hydrogens is 533 g/mol. The molecule has 1 amide bonds. The van der Waals surface area contributed by atoms with Gasteiger partial charge < -0.3 is 19.1 Å². The fourth-order valence-corrected chi connectivity index (χ4v) is 6.48. The lowest BCUT2D eigenvalue weighted by Crippen LogP contribution is -2.39. The molecule has 0 bridgehead atoms. The van der Waals surface area contributed by atoms with E-state index in [9.17, 15) is 9.18 Å². The Kier molecular flexibility index (Phi) is 8.05. The summed E-state index contributed by atoms with van der Waals surface area (Å²) in [5, 5.41) is 8.32. The van der Waals surface area contributed by atoms with E-state index in [0.29, 0.717) is 50.0 Å². The van der Waals surface area contributed by atoms with Crippen LogP contribution in [0.2, 0.25) is 0 Å². The predicted octanol–water partition coefficient (Wildman–Crippen LogP) is 3.73. The van der Waals surface area contributed by atoms with E-state index in [-0.39, 0.29) is 17.7 Å². The zero-order valence-electron chi connectivity index (χ0n) is 23.0. The van der Waals surface area contributed by atoms with Crippen LogP contribution in [0, 0.1) is 23.6 Å². The van der Waals surface area contributed by atoms with Crippen LogP contribution in [0.5, 0.6) is 5.75 Å². The number of likely N-dealkylation sites (tertiary alicyclic amines) is 1. The van der Waals surface area contributed by atoms with Crippen molar-refractivity contribution in [1.29, 1.82) is 0 Å². The molecule has 1 aromatic heterocycles. The topological polar surface area (TPSA) is 88.2 Å². The molecule has 2 fully saturated rings. The summed E-state index contributed by atoms with van der Waals surface area (Å²) in [6.07, 6.45) is 7.20. The van der Waals surface area contributed by atoms with Gasteiger partial charge >= 0.3 is 0 Å². The van der Waals surface area contributed by atoms with Crippen LogP contribution in [0.15, 0.2) is 28.2 Å². The van der Waals surface area contributed by atoms with Crippen molar-refractivity contribution in [3.8, 4) is 5.75 Å². The Morgan fingerprint density at radius 1 is 1.18 bits per heavy atom. The van der Waals surface area contributed by atoms with Crippen molar-refractivity contribution in [3.63, 3.8) is 0 Å². The molecule has 11 heteroatoms. The molecule has 1 aliphatic carbocycles. The lowest BCUT2D eigenvalue weighted by molar-refractivity contribution is -0.132. The average molecular weight is 570 g/mol. The molecule has 6 rings (SSSR count). The number of guanidine groups is 1. The maximum absolute atomic E-state index is 14.8. The second kappa shape index (κ2) is 11.8. The smallest absolute Gasteiger partial charge is 0.227 e. The molecule has 0 N–H and O–H groups in total. The first-order valence-corrected chi connectivity index (χ1v) is 15.0. The highest BCUT2D eigenvalue weighted by atomic mass is 35.5. The van der Waals surface area contributed by atoms with Crippen molar-refractivity contribution in [2.45, 2.75) is 63.9 Å². The van der Waals surface area contributed by atoms with Crippen LogP contribution < -0.4 is 4.74 Å². The van der Waals surface area contributed by atoms with E-state index in [1.165, 1.54) is 25.3 Å². The highest BCUT2D eigenvalue weighted by molar-refractivity contribution is 6.29. The number of piperidine rings is 1. The summed E-state index contributed by atoms with van der Waals surface area (Å²) in [6.45, 7) is 6.90. The van der Waals surface area contributed by atoms with Gasteiger partial charge in [0.1, 0.15) is 17.4 Å². The number of amides is 1. The van der Waals surface area contributed by atoms with Crippen molar-refractivity contribution < 1.29 is 13.9 Å². The Morgan fingerprint density at radius 2 is 2.02 bits per heavy atom. The third-order valence-corrected chi connectivity index (χ3v) is 9.04. The maximum atomic E-state index is 14.8. The molecule has 0 spiro atoms. The van der Waals surface area contributed by atoms with Gasteiger partial charge in [0.2, 0.25) is 11.9 Å². The number of carbonyl (C=O) groups excluding carboxylic acids is 1. The summed E-state index contributed by atoms with van der Waals surface area (Å²) in [6, 6.07) is 4.85. The molecule has 1 aromatic carbocycles. The monoisotopic (exact) mass is 569 g/mol. The largest absolute Gasteiger partial charge is 0.493 e. The van der Waals surface area contributed by atoms with Crippen LogP contribution in [-0.2, 0) is 30.7 Å². The van der Waals surface area contributed by atoms with Crippen LogP contribution in [0.3, 0.4) is 0 Å². The Morgan fingerprint density at radius 3 is 2.77 bits per heavy atom. The van der Waals surface area contributed by atoms with Gasteiger partial charge in [-0.1, -0.05) is 13.0 Å². The minimum Gasteiger partial charge on any atom is -0.493 e. The third-order valence-electron chi connectivity index (χ3n) is 8.79. The lowest BCUT2D eigenvalue weighted by atomic mass is 9.90. The van der Waals surface area contributed by atoms with Crippen molar-refractivity contribution in [3.05, 3.63) is 41.2 Å². The Hall–Kier alpha value is -3.01. The van der Waals surface area contributed by atoms with Crippen LogP contribution in [0.1, 0.15) is 49.8 Å². The van der Waals surface area contributed by atoms with E-state index in [1.54, 1.807) is 23.2 Å². The number of benzene rings is 1. The SMILES string of the molecule is CCc1nnc2n1CCN(C(=O)Cc1ccc(OCC[C@@H]3C[C@@H]3C3CCN(C4=NCC(Cl)C=N4)CC3)cc1F)C2. The molecule has 1 saturated heterocycles. The molecule has 0 radical (unpaired) electrons. The molecule has 40 heavy (non-hydrogen) atoms. The van der Waals surface area contributed by atoms with Crippen LogP contribution >= 0.6 is 11.6 Å². The van der Waals surface area contributed by atoms with E-state index >= 15 is 0 Å². The summed E-state index contributed by atoms with van der Waals surface area (Å²) < 4.78 is 22.8. The summed E-state index contributed by atoms with van der Waals surface area (Å²) >= 11 is 6.05. The van der Waals surface area contributed by atoms with Gasteiger partial charge in [-0.15, -0.1) is 21.8 Å². The summed E-state index contributed by atoms with van der Waals surface area (Å²) in [4.78, 5) is 25.8. The van der Waals surface area contributed by atoms with Gasteiger partial charge in [0.05, 0.1) is 31.5 Å². The number of nitrogens with zero attached hydrogens (tertiary/aromatic N) is 7. The fraction of sp³-hybridized carbons (Fsp3) is 0.621. The maximum Gasteiger partial charge on any atom is 0.227 e. The minimum atomic E-state index is -0.399. The number of ether oxygens (including phenoxy) is 1. The van der Waals surface area contributed by atoms with E-state index < -0.39 is 5.82 Å². The van der Waals surface area contributed by atoms with Crippen LogP contribution in [0.25, 0.3) is 0 Å². The molecular formula is C29H37ClFN7O2. The van der Waals surface area contributed by atoms with Crippen molar-refractivity contribution >= 4 is 29.7 Å². The first-order chi connectivity index (χ1) is 19.5. The molecule has 4 heterocycles. The Balaban J connectivity index is 0.917. The number of carbonyl (C=O) groups is 1. The number of aryl methyl sites for hydroxylation is 1. The number of fused-ring (bicyclic) bond motifs is 1. The van der Waals surface area contributed by atoms with Crippen LogP contribution in [-0.4, -0.2) is 80.8 Å². The first-order valence-electron chi connectivity index (χ1n) is 14.6. The minimum absolute atomic E-state index is 0.0242. The van der Waals surface area contributed by atoms with Gasteiger partial charge in [0.25, 0.3) is 0 Å². The number of aromatic nitrogens is 3. The second-order valence-electron chi connectivity index (χ2n) is 11.3. The lowest BCUT2D eigenvalue weighted by Gasteiger charge is -2.33. The summed E-state index contributed by atoms with van der Waals surface area (Å²) in [5.41, 5.74) is 0.389. The van der Waals surface area contributed by atoms with E-state index in [0.717, 1.165) is 55.4 Å². The highest BCUT2D eigenvalue weighted by Crippen LogP contribution is 2.49. The number of alkyl halides is 1. The normalized spacial score (nSPS) is 24.6. The quantitative estimate of drug-likeness (QED) is 0.452. The Labute approximate surface area is 239 Å². The third kappa shape index (κ3) is 6.01. The zero-order chi connectivity index (χ0) is 27.6. The molecule has 3 atom stereocenters. The number of hydrogen-bond acceptors (Lipinski definition) is 7. The molecule has 3 aliphatic heterocycles. The van der Waals surface area contributed by atoms with Gasteiger partial charge in [0.15, 0.2) is 5.82 Å². The van der Waals surface area contributed by atoms with E-state index in [1.807, 2.05) is 6.92 Å². The second-order valence-corrected chi connectivity index (χ2v) is 11.9. The number of rotatable bonds is 8. The number of halogens is 2. The van der Waals surface area contributed by atoms with E-state index in [2.05, 4.69) is 29.6 Å². The molecule has 214 valence electrons. The van der Waals surface area contributed by atoms with Gasteiger partial charge in [0, 0.05) is 44.9 Å². The van der Waals surface area contributed by atoms with Crippen molar-refractivity contribution in [2.24, 2.45) is 27.7 Å². The molecule has 1 unspecified atom stereocenters. The number of aliphatic imine (C=N–C) groups is 2. The van der Waals surface area contributed by atoms with Gasteiger partial charge in [-0.3, -0.25) is 4.79 Å². The van der Waals surface area contributed by atoms with Gasteiger partial charge in [-0.2, -0.15) is 0 Å². The number of hydrogen-bond donors (Lipinski definition) is 0. The van der Waals surface area contributed by atoms with Gasteiger partial charge in [-0.25, -0.2) is 14.4 Å². The van der Waals surface area contributed by atoms with E-state index in [4.69, 9.17) is 16.3 Å². The fourth-order valence-electron chi connectivity index (χ4n) is 6.35. The molecule has 4 aliphatic rings. The molecule has 2 aromatic rings. The highest BCUT2D eigenvalue weighted by Gasteiger charge is 2.43. The first kappa shape index (κ1) is 27.2. The molecule has 1 saturated carbocycles. The zero-order valence-corrected chi connectivity index (χ0v) is 23.8. The molecule has 9 nitrogen and oxygen atoms in total. The van der Waals surface area contributed by atoms with Crippen molar-refractivity contribution in [1.82, 2.24) is 24.6 Å².